The average molecular weight is 298 g/mol. The Morgan fingerprint density at radius 3 is 2.38 bits per heavy atom. The number of aromatic amines is 1. The van der Waals surface area contributed by atoms with Crippen molar-refractivity contribution in [2.24, 2.45) is 0 Å². The summed E-state index contributed by atoms with van der Waals surface area (Å²) in [6, 6.07) is -1.00. The summed E-state index contributed by atoms with van der Waals surface area (Å²) < 4.78 is 0.749. The monoisotopic (exact) mass is 298 g/mol. The van der Waals surface area contributed by atoms with Crippen LogP contribution < -0.4 is 16.3 Å². The number of imide groups is 1. The molecule has 1 saturated heterocycles. The maximum atomic E-state index is 12.2. The van der Waals surface area contributed by atoms with Crippen LogP contribution in [0.3, 0.4) is 0 Å². The van der Waals surface area contributed by atoms with Crippen LogP contribution in [-0.2, 0) is 20.9 Å². The number of carbonyl (C=O) groups is 4. The van der Waals surface area contributed by atoms with Crippen molar-refractivity contribution < 1.29 is 29.4 Å². The Balaban J connectivity index is 2.33. The number of H-pyrrole nitrogens is 1. The number of aliphatic carboxylic acids is 1. The second kappa shape index (κ2) is 4.77. The molecule has 0 spiro atoms. The molecule has 5 N–H and O–H groups in total. The van der Waals surface area contributed by atoms with Gasteiger partial charge in [0.05, 0.1) is 19.2 Å². The molecular weight excluding hydrogens is 288 g/mol. The first-order valence-corrected chi connectivity index (χ1v) is 5.62. The first-order chi connectivity index (χ1) is 9.74. The molecular formula is C10H10N4O7. The maximum absolute atomic E-state index is 12.2. The Labute approximate surface area is 115 Å². The number of hydrogen-bond donors (Lipinski definition) is 5. The molecule has 1 aliphatic heterocycles. The first-order valence-electron chi connectivity index (χ1n) is 5.62. The van der Waals surface area contributed by atoms with Gasteiger partial charge < -0.3 is 15.5 Å². The third-order valence-corrected chi connectivity index (χ3v) is 2.92. The summed E-state index contributed by atoms with van der Waals surface area (Å²) >= 11 is 0. The summed E-state index contributed by atoms with van der Waals surface area (Å²) in [7, 11) is 0. The van der Waals surface area contributed by atoms with Crippen LogP contribution in [0.5, 0.6) is 5.88 Å². The predicted octanol–water partition coefficient (Wildman–Crippen LogP) is -2.50. The molecule has 1 aliphatic rings. The summed E-state index contributed by atoms with van der Waals surface area (Å²) in [4.78, 5) is 59.3. The van der Waals surface area contributed by atoms with Crippen molar-refractivity contribution in [1.29, 1.82) is 0 Å². The molecule has 0 radical (unpaired) electrons. The standard InChI is InChI=1S/C10H10N4O7/c15-4(2-14-3-5(16)11-9(14)21)10(1-6(17)18)7(19)12-8(20)13-10/h3,16H,1-2H2,(H,11,21)(H,17,18)(H2,12,13,19,20). The Bertz CT molecular complexity index is 703. The largest absolute Gasteiger partial charge is 0.493 e. The average Bonchev–Trinajstić information content (AvgIpc) is 2.79. The van der Waals surface area contributed by atoms with E-state index in [9.17, 15) is 24.0 Å². The highest BCUT2D eigenvalue weighted by atomic mass is 16.4. The lowest BCUT2D eigenvalue weighted by Crippen LogP contribution is -2.56. The number of nitrogens with one attached hydrogen (secondary N) is 3. The van der Waals surface area contributed by atoms with Gasteiger partial charge in [0.2, 0.25) is 5.88 Å². The molecule has 0 bridgehead atoms. The van der Waals surface area contributed by atoms with Crippen molar-refractivity contribution in [3.05, 3.63) is 16.7 Å². The van der Waals surface area contributed by atoms with E-state index in [1.165, 1.54) is 0 Å². The minimum atomic E-state index is -2.28. The number of imidazole rings is 1. The van der Waals surface area contributed by atoms with Crippen molar-refractivity contribution in [2.75, 3.05) is 0 Å². The van der Waals surface area contributed by atoms with Crippen LogP contribution >= 0.6 is 0 Å². The van der Waals surface area contributed by atoms with Crippen LogP contribution in [0, 0.1) is 0 Å². The van der Waals surface area contributed by atoms with E-state index in [-0.39, 0.29) is 0 Å². The molecule has 3 amide bonds. The smallest absolute Gasteiger partial charge is 0.328 e. The number of carboxylic acid groups (broad SMARTS) is 1. The molecule has 0 aliphatic carbocycles. The Morgan fingerprint density at radius 2 is 1.95 bits per heavy atom. The second-order valence-electron chi connectivity index (χ2n) is 4.38. The summed E-state index contributed by atoms with van der Waals surface area (Å²) in [5, 5.41) is 21.7. The number of carbonyl (C=O) groups excluding carboxylic acids is 3. The second-order valence-corrected chi connectivity index (χ2v) is 4.38. The van der Waals surface area contributed by atoms with Crippen LogP contribution in [-0.4, -0.2) is 49.0 Å². The molecule has 0 saturated carbocycles. The minimum absolute atomic E-state index is 0.500. The van der Waals surface area contributed by atoms with Crippen LogP contribution in [0.1, 0.15) is 6.42 Å². The Kier molecular flexibility index (Phi) is 3.25. The summed E-state index contributed by atoms with van der Waals surface area (Å²) in [6.07, 6.45) is -0.0576. The van der Waals surface area contributed by atoms with Gasteiger partial charge in [0.1, 0.15) is 0 Å². The maximum Gasteiger partial charge on any atom is 0.328 e. The molecule has 0 aromatic carbocycles. The zero-order chi connectivity index (χ0) is 15.8. The SMILES string of the molecule is O=C(O)CC1(C(=O)Cn2cc(O)[nH]c2=O)NC(=O)NC1=O. The summed E-state index contributed by atoms with van der Waals surface area (Å²) in [5.74, 6) is -4.09. The number of hydrogen-bond acceptors (Lipinski definition) is 6. The number of aromatic hydroxyl groups is 1. The van der Waals surface area contributed by atoms with Gasteiger partial charge in [-0.3, -0.25) is 29.3 Å². The van der Waals surface area contributed by atoms with E-state index >= 15 is 0 Å². The number of aromatic nitrogens is 2. The molecule has 1 unspecified atom stereocenters. The highest BCUT2D eigenvalue weighted by molar-refractivity contribution is 6.22. The fraction of sp³-hybridized carbons (Fsp3) is 0.300. The van der Waals surface area contributed by atoms with Gasteiger partial charge in [0.25, 0.3) is 5.91 Å². The third kappa shape index (κ3) is 2.48. The van der Waals surface area contributed by atoms with Gasteiger partial charge in [0, 0.05) is 0 Å². The summed E-state index contributed by atoms with van der Waals surface area (Å²) in [6.45, 7) is -0.698. The lowest BCUT2D eigenvalue weighted by atomic mass is 9.90. The van der Waals surface area contributed by atoms with Crippen molar-refractivity contribution in [3.63, 3.8) is 0 Å². The van der Waals surface area contributed by atoms with Gasteiger partial charge in [-0.15, -0.1) is 0 Å². The molecule has 1 aromatic heterocycles. The van der Waals surface area contributed by atoms with Gasteiger partial charge in [-0.25, -0.2) is 9.59 Å². The van der Waals surface area contributed by atoms with Gasteiger partial charge in [0.15, 0.2) is 11.3 Å². The molecule has 112 valence electrons. The van der Waals surface area contributed by atoms with Gasteiger partial charge in [-0.1, -0.05) is 0 Å². The highest BCUT2D eigenvalue weighted by Gasteiger charge is 2.53. The van der Waals surface area contributed by atoms with Crippen molar-refractivity contribution >= 4 is 23.7 Å². The molecule has 1 atom stereocenters. The fourth-order valence-corrected chi connectivity index (χ4v) is 1.96. The number of nitrogens with zero attached hydrogens (tertiary/aromatic N) is 1. The van der Waals surface area contributed by atoms with Crippen molar-refractivity contribution in [1.82, 2.24) is 20.2 Å². The number of urea groups is 1. The number of carboxylic acids is 1. The number of Topliss-reactive ketones (excluding diaryl/α,β-unsaturated/α-hetero) is 1. The molecule has 2 heterocycles. The van der Waals surface area contributed by atoms with Crippen molar-refractivity contribution in [2.45, 2.75) is 18.5 Å². The molecule has 11 nitrogen and oxygen atoms in total. The normalized spacial score (nSPS) is 21.0. The van der Waals surface area contributed by atoms with Crippen LogP contribution in [0.25, 0.3) is 0 Å². The number of amides is 3. The van der Waals surface area contributed by atoms with Crippen LogP contribution in [0.2, 0.25) is 0 Å². The van der Waals surface area contributed by atoms with E-state index in [4.69, 9.17) is 10.2 Å². The van der Waals surface area contributed by atoms with E-state index in [0.29, 0.717) is 0 Å². The van der Waals surface area contributed by atoms with E-state index < -0.39 is 53.8 Å². The van der Waals surface area contributed by atoms with E-state index in [1.54, 1.807) is 5.32 Å². The molecule has 21 heavy (non-hydrogen) atoms. The topological polar surface area (TPSA) is 171 Å². The van der Waals surface area contributed by atoms with Gasteiger partial charge in [-0.05, 0) is 0 Å². The highest BCUT2D eigenvalue weighted by Crippen LogP contribution is 2.18. The fourth-order valence-electron chi connectivity index (χ4n) is 1.96. The zero-order valence-corrected chi connectivity index (χ0v) is 10.4. The minimum Gasteiger partial charge on any atom is -0.493 e. The molecule has 1 aromatic rings. The molecule has 1 fully saturated rings. The molecule has 11 heteroatoms. The number of rotatable bonds is 5. The first kappa shape index (κ1) is 14.3. The quantitative estimate of drug-likeness (QED) is 0.295. The third-order valence-electron chi connectivity index (χ3n) is 2.92. The van der Waals surface area contributed by atoms with Gasteiger partial charge in [-0.2, -0.15) is 0 Å². The van der Waals surface area contributed by atoms with Crippen LogP contribution in [0.4, 0.5) is 4.79 Å². The van der Waals surface area contributed by atoms with Crippen LogP contribution in [0.15, 0.2) is 11.0 Å². The van der Waals surface area contributed by atoms with E-state index in [1.807, 2.05) is 10.3 Å². The van der Waals surface area contributed by atoms with Crippen molar-refractivity contribution in [3.8, 4) is 5.88 Å². The Hall–Kier alpha value is -3.11. The lowest BCUT2D eigenvalue weighted by Gasteiger charge is -2.22. The van der Waals surface area contributed by atoms with E-state index in [0.717, 1.165) is 10.8 Å². The molecule has 2 rings (SSSR count). The number of ketones is 1. The summed E-state index contributed by atoms with van der Waals surface area (Å²) in [5.41, 5.74) is -3.11. The van der Waals surface area contributed by atoms with Gasteiger partial charge >= 0.3 is 17.7 Å². The van der Waals surface area contributed by atoms with E-state index in [2.05, 4.69) is 0 Å². The lowest BCUT2D eigenvalue weighted by molar-refractivity contribution is -0.146. The zero-order valence-electron chi connectivity index (χ0n) is 10.4. The Morgan fingerprint density at radius 1 is 1.29 bits per heavy atom. The predicted molar refractivity (Wildman–Crippen MR) is 63.4 cm³/mol.